The Bertz CT molecular complexity index is 909. The van der Waals surface area contributed by atoms with Gasteiger partial charge in [-0.3, -0.25) is 9.78 Å². The fourth-order valence-electron chi connectivity index (χ4n) is 3.63. The highest BCUT2D eigenvalue weighted by atomic mass is 16.5. The molecule has 1 fully saturated rings. The standard InChI is InChI=1S/C23H31N5O2/c1-5-24-23(27-15-20-17(3)22(30-4)16(2)13-25-20)26-14-18-8-10-19(11-9-18)28-12-6-7-21(28)29/h8-11,13H,5-7,12,14-15H2,1-4H3,(H2,24,26,27). The molecule has 2 heterocycles. The first kappa shape index (κ1) is 21.6. The van der Waals surface area contributed by atoms with Gasteiger partial charge >= 0.3 is 0 Å². The first-order valence-electron chi connectivity index (χ1n) is 10.4. The lowest BCUT2D eigenvalue weighted by Crippen LogP contribution is -2.37. The number of nitrogens with zero attached hydrogens (tertiary/aromatic N) is 3. The summed E-state index contributed by atoms with van der Waals surface area (Å²) in [6, 6.07) is 8.07. The van der Waals surface area contributed by atoms with E-state index in [4.69, 9.17) is 4.74 Å². The van der Waals surface area contributed by atoms with Gasteiger partial charge in [-0.25, -0.2) is 4.99 Å². The molecule has 1 aliphatic rings. The van der Waals surface area contributed by atoms with E-state index in [1.807, 2.05) is 56.1 Å². The molecule has 2 aromatic rings. The molecule has 1 aliphatic heterocycles. The molecule has 0 unspecified atom stereocenters. The second kappa shape index (κ2) is 10.1. The van der Waals surface area contributed by atoms with Crippen LogP contribution in [-0.4, -0.2) is 37.1 Å². The molecule has 0 aliphatic carbocycles. The predicted octanol–water partition coefficient (Wildman–Crippen LogP) is 3.09. The summed E-state index contributed by atoms with van der Waals surface area (Å²) in [5.74, 6) is 1.81. The van der Waals surface area contributed by atoms with E-state index < -0.39 is 0 Å². The summed E-state index contributed by atoms with van der Waals surface area (Å²) in [6.45, 7) is 8.74. The molecule has 0 spiro atoms. The maximum atomic E-state index is 11.9. The fraction of sp³-hybridized carbons (Fsp3) is 0.435. The van der Waals surface area contributed by atoms with Crippen LogP contribution in [0.25, 0.3) is 0 Å². The van der Waals surface area contributed by atoms with Crippen LogP contribution in [0.2, 0.25) is 0 Å². The van der Waals surface area contributed by atoms with Gasteiger partial charge in [-0.05, 0) is 44.9 Å². The normalized spacial score (nSPS) is 14.2. The van der Waals surface area contributed by atoms with E-state index in [-0.39, 0.29) is 5.91 Å². The van der Waals surface area contributed by atoms with Crippen molar-refractivity contribution in [2.45, 2.75) is 46.7 Å². The van der Waals surface area contributed by atoms with E-state index in [0.717, 1.165) is 59.3 Å². The van der Waals surface area contributed by atoms with Crippen molar-refractivity contribution in [2.75, 3.05) is 25.1 Å². The lowest BCUT2D eigenvalue weighted by Gasteiger charge is -2.16. The SMILES string of the molecule is CCNC(=NCc1ccc(N2CCCC2=O)cc1)NCc1ncc(C)c(OC)c1C. The Morgan fingerprint density at radius 3 is 2.63 bits per heavy atom. The highest BCUT2D eigenvalue weighted by Gasteiger charge is 2.21. The number of hydrogen-bond acceptors (Lipinski definition) is 4. The molecule has 1 amide bonds. The van der Waals surface area contributed by atoms with Crippen molar-refractivity contribution in [1.29, 1.82) is 0 Å². The van der Waals surface area contributed by atoms with Crippen molar-refractivity contribution in [3.8, 4) is 5.75 Å². The molecule has 7 nitrogen and oxygen atoms in total. The van der Waals surface area contributed by atoms with Crippen LogP contribution in [0.4, 0.5) is 5.69 Å². The molecule has 1 aromatic heterocycles. The number of anilines is 1. The average Bonchev–Trinajstić information content (AvgIpc) is 3.18. The fourth-order valence-corrected chi connectivity index (χ4v) is 3.63. The Morgan fingerprint density at radius 2 is 2.00 bits per heavy atom. The molecular weight excluding hydrogens is 378 g/mol. The molecule has 30 heavy (non-hydrogen) atoms. The van der Waals surface area contributed by atoms with Gasteiger partial charge in [0.1, 0.15) is 5.75 Å². The van der Waals surface area contributed by atoms with Crippen molar-refractivity contribution in [3.63, 3.8) is 0 Å². The summed E-state index contributed by atoms with van der Waals surface area (Å²) in [7, 11) is 1.68. The molecular formula is C23H31N5O2. The first-order chi connectivity index (χ1) is 14.5. The van der Waals surface area contributed by atoms with E-state index in [1.165, 1.54) is 0 Å². The van der Waals surface area contributed by atoms with Crippen LogP contribution < -0.4 is 20.3 Å². The van der Waals surface area contributed by atoms with Crippen molar-refractivity contribution in [3.05, 3.63) is 52.8 Å². The maximum absolute atomic E-state index is 11.9. The Hall–Kier alpha value is -3.09. The molecule has 3 rings (SSSR count). The van der Waals surface area contributed by atoms with Crippen LogP contribution in [0.15, 0.2) is 35.5 Å². The highest BCUT2D eigenvalue weighted by molar-refractivity contribution is 5.95. The van der Waals surface area contributed by atoms with Gasteiger partial charge in [0.05, 0.1) is 25.9 Å². The monoisotopic (exact) mass is 409 g/mol. The number of rotatable bonds is 7. The predicted molar refractivity (Wildman–Crippen MR) is 120 cm³/mol. The number of aryl methyl sites for hydroxylation is 1. The van der Waals surface area contributed by atoms with E-state index in [2.05, 4.69) is 20.6 Å². The van der Waals surface area contributed by atoms with Crippen LogP contribution in [0.3, 0.4) is 0 Å². The largest absolute Gasteiger partial charge is 0.496 e. The summed E-state index contributed by atoms with van der Waals surface area (Å²) < 4.78 is 5.49. The van der Waals surface area contributed by atoms with Gasteiger partial charge in [0.15, 0.2) is 5.96 Å². The minimum atomic E-state index is 0.205. The number of aliphatic imine (C=N–C) groups is 1. The topological polar surface area (TPSA) is 78.9 Å². The second-order valence-corrected chi connectivity index (χ2v) is 7.41. The summed E-state index contributed by atoms with van der Waals surface area (Å²) in [6.07, 6.45) is 3.41. The van der Waals surface area contributed by atoms with E-state index in [9.17, 15) is 4.79 Å². The summed E-state index contributed by atoms with van der Waals surface area (Å²) in [5.41, 5.74) is 5.05. The Kier molecular flexibility index (Phi) is 7.27. The lowest BCUT2D eigenvalue weighted by molar-refractivity contribution is -0.117. The van der Waals surface area contributed by atoms with Gasteiger partial charge in [0.2, 0.25) is 5.91 Å². The number of benzene rings is 1. The van der Waals surface area contributed by atoms with Crippen molar-refractivity contribution in [2.24, 2.45) is 4.99 Å². The number of hydrogen-bond donors (Lipinski definition) is 2. The van der Waals surface area contributed by atoms with Gasteiger partial charge in [-0.1, -0.05) is 12.1 Å². The molecule has 0 saturated carbocycles. The first-order valence-corrected chi connectivity index (χ1v) is 10.4. The molecule has 1 saturated heterocycles. The zero-order valence-electron chi connectivity index (χ0n) is 18.3. The number of ether oxygens (including phenoxy) is 1. The summed E-state index contributed by atoms with van der Waals surface area (Å²) in [5, 5.41) is 6.62. The Morgan fingerprint density at radius 1 is 1.23 bits per heavy atom. The molecule has 7 heteroatoms. The second-order valence-electron chi connectivity index (χ2n) is 7.41. The molecule has 1 aromatic carbocycles. The third-order valence-electron chi connectivity index (χ3n) is 5.26. The third-order valence-corrected chi connectivity index (χ3v) is 5.26. The van der Waals surface area contributed by atoms with Crippen molar-refractivity contribution < 1.29 is 9.53 Å². The van der Waals surface area contributed by atoms with Crippen LogP contribution in [0, 0.1) is 13.8 Å². The quantitative estimate of drug-likeness (QED) is 0.543. The van der Waals surface area contributed by atoms with Gasteiger partial charge in [-0.2, -0.15) is 0 Å². The number of carbonyl (C=O) groups excluding carboxylic acids is 1. The maximum Gasteiger partial charge on any atom is 0.227 e. The average molecular weight is 410 g/mol. The number of amides is 1. The number of pyridine rings is 1. The number of nitrogens with one attached hydrogen (secondary N) is 2. The van der Waals surface area contributed by atoms with Gasteiger partial charge in [0, 0.05) is 42.5 Å². The zero-order chi connectivity index (χ0) is 21.5. The van der Waals surface area contributed by atoms with Crippen LogP contribution in [0.1, 0.15) is 42.1 Å². The Labute approximate surface area is 178 Å². The van der Waals surface area contributed by atoms with E-state index in [1.54, 1.807) is 7.11 Å². The minimum Gasteiger partial charge on any atom is -0.496 e. The number of methoxy groups -OCH3 is 1. The molecule has 160 valence electrons. The molecule has 0 bridgehead atoms. The third kappa shape index (κ3) is 5.09. The number of carbonyl (C=O) groups is 1. The van der Waals surface area contributed by atoms with Crippen LogP contribution in [0.5, 0.6) is 5.75 Å². The molecule has 0 atom stereocenters. The highest BCUT2D eigenvalue weighted by Crippen LogP contribution is 2.24. The van der Waals surface area contributed by atoms with Gasteiger partial charge < -0.3 is 20.3 Å². The lowest BCUT2D eigenvalue weighted by atomic mass is 10.1. The number of guanidine groups is 1. The molecule has 0 radical (unpaired) electrons. The van der Waals surface area contributed by atoms with E-state index in [0.29, 0.717) is 19.5 Å². The van der Waals surface area contributed by atoms with Crippen molar-refractivity contribution >= 4 is 17.6 Å². The molecule has 2 N–H and O–H groups in total. The summed E-state index contributed by atoms with van der Waals surface area (Å²) >= 11 is 0. The Balaban J connectivity index is 1.64. The summed E-state index contributed by atoms with van der Waals surface area (Å²) in [4.78, 5) is 23.0. The smallest absolute Gasteiger partial charge is 0.227 e. The number of aromatic nitrogens is 1. The van der Waals surface area contributed by atoms with Crippen molar-refractivity contribution in [1.82, 2.24) is 15.6 Å². The minimum absolute atomic E-state index is 0.205. The van der Waals surface area contributed by atoms with E-state index >= 15 is 0 Å². The zero-order valence-corrected chi connectivity index (χ0v) is 18.3. The van der Waals surface area contributed by atoms with Crippen LogP contribution in [-0.2, 0) is 17.9 Å². The van der Waals surface area contributed by atoms with Gasteiger partial charge in [-0.15, -0.1) is 0 Å². The van der Waals surface area contributed by atoms with Crippen LogP contribution >= 0.6 is 0 Å². The van der Waals surface area contributed by atoms with Gasteiger partial charge in [0.25, 0.3) is 0 Å².